The van der Waals surface area contributed by atoms with Crippen LogP contribution in [0, 0.1) is 0 Å². The average molecular weight is 176 g/mol. The van der Waals surface area contributed by atoms with Crippen molar-refractivity contribution >= 4 is 0 Å². The van der Waals surface area contributed by atoms with Crippen molar-refractivity contribution in [1.29, 1.82) is 0 Å². The van der Waals surface area contributed by atoms with E-state index < -0.39 is 13.1 Å². The lowest BCUT2D eigenvalue weighted by molar-refractivity contribution is 0.192. The molecule has 0 aromatic heterocycles. The molecule has 0 N–H and O–H groups in total. The lowest BCUT2D eigenvalue weighted by atomic mass is 10.0. The Bertz CT molecular complexity index is 214. The molecule has 0 atom stereocenters. The van der Waals surface area contributed by atoms with Crippen LogP contribution in [0.1, 0.15) is 6.92 Å². The lowest BCUT2D eigenvalue weighted by Crippen LogP contribution is -2.01. The van der Waals surface area contributed by atoms with Crippen LogP contribution >= 0.6 is 0 Å². The van der Waals surface area contributed by atoms with Gasteiger partial charge in [0.1, 0.15) is 6.67 Å². The molecular formula is C9H11F3. The summed E-state index contributed by atoms with van der Waals surface area (Å²) in [5, 5.41) is 0. The van der Waals surface area contributed by atoms with Crippen LogP contribution in [-0.4, -0.2) is 13.1 Å². The number of halogens is 3. The first-order valence-electron chi connectivity index (χ1n) is 3.40. The topological polar surface area (TPSA) is 0 Å². The molecule has 0 spiro atoms. The molecule has 0 aliphatic carbocycles. The monoisotopic (exact) mass is 176 g/mol. The fourth-order valence-corrected chi connectivity index (χ4v) is 0.782. The van der Waals surface area contributed by atoms with Gasteiger partial charge in [0.25, 0.3) is 6.43 Å². The van der Waals surface area contributed by atoms with Crippen molar-refractivity contribution in [2.75, 3.05) is 6.67 Å². The summed E-state index contributed by atoms with van der Waals surface area (Å²) in [7, 11) is 0. The smallest absolute Gasteiger partial charge is 0.246 e. The van der Waals surface area contributed by atoms with Gasteiger partial charge in [-0.15, -0.1) is 0 Å². The summed E-state index contributed by atoms with van der Waals surface area (Å²) in [5.74, 6) is 0. The second-order valence-corrected chi connectivity index (χ2v) is 2.35. The van der Waals surface area contributed by atoms with E-state index in [1.54, 1.807) is 0 Å². The Morgan fingerprint density at radius 1 is 1.50 bits per heavy atom. The number of allylic oxidation sites excluding steroid dienone is 4. The standard InChI is InChI=1S/C9H11F3/c1-4-7(9(11)12)8(5-10)6(2)3/h4,9H,1-2,5H2,3H3/b8-7+. The summed E-state index contributed by atoms with van der Waals surface area (Å²) >= 11 is 0. The van der Waals surface area contributed by atoms with Crippen molar-refractivity contribution < 1.29 is 13.2 Å². The molecule has 0 aliphatic heterocycles. The van der Waals surface area contributed by atoms with Crippen molar-refractivity contribution in [3.05, 3.63) is 36.0 Å². The summed E-state index contributed by atoms with van der Waals surface area (Å²) in [4.78, 5) is 0. The van der Waals surface area contributed by atoms with E-state index >= 15 is 0 Å². The first-order chi connectivity index (χ1) is 5.54. The maximum absolute atomic E-state index is 12.2. The van der Waals surface area contributed by atoms with E-state index in [-0.39, 0.29) is 11.1 Å². The molecule has 0 nitrogen and oxygen atoms in total. The molecule has 0 saturated heterocycles. The van der Waals surface area contributed by atoms with Gasteiger partial charge in [-0.25, -0.2) is 13.2 Å². The van der Waals surface area contributed by atoms with Crippen LogP contribution in [0.15, 0.2) is 36.0 Å². The first-order valence-corrected chi connectivity index (χ1v) is 3.40. The van der Waals surface area contributed by atoms with Gasteiger partial charge in [0.05, 0.1) is 0 Å². The molecule has 0 radical (unpaired) electrons. The number of hydrogen-bond acceptors (Lipinski definition) is 0. The van der Waals surface area contributed by atoms with Crippen LogP contribution in [0.3, 0.4) is 0 Å². The van der Waals surface area contributed by atoms with Crippen molar-refractivity contribution in [2.24, 2.45) is 0 Å². The van der Waals surface area contributed by atoms with Crippen molar-refractivity contribution in [1.82, 2.24) is 0 Å². The molecule has 0 unspecified atom stereocenters. The Balaban J connectivity index is 5.01. The fourth-order valence-electron chi connectivity index (χ4n) is 0.782. The molecule has 68 valence electrons. The van der Waals surface area contributed by atoms with Crippen molar-refractivity contribution in [3.8, 4) is 0 Å². The Morgan fingerprint density at radius 2 is 2.00 bits per heavy atom. The summed E-state index contributed by atoms with van der Waals surface area (Å²) in [6, 6.07) is 0. The van der Waals surface area contributed by atoms with Crippen LogP contribution in [0.5, 0.6) is 0 Å². The molecule has 0 saturated carbocycles. The number of alkyl halides is 3. The molecule has 0 amide bonds. The zero-order chi connectivity index (χ0) is 9.72. The highest BCUT2D eigenvalue weighted by molar-refractivity contribution is 5.38. The van der Waals surface area contributed by atoms with E-state index in [1.165, 1.54) is 6.92 Å². The normalized spacial score (nSPS) is 12.8. The van der Waals surface area contributed by atoms with Gasteiger partial charge in [0.2, 0.25) is 0 Å². The zero-order valence-corrected chi connectivity index (χ0v) is 6.91. The second kappa shape index (κ2) is 4.80. The van der Waals surface area contributed by atoms with Crippen molar-refractivity contribution in [3.63, 3.8) is 0 Å². The maximum atomic E-state index is 12.2. The van der Waals surface area contributed by atoms with Crippen molar-refractivity contribution in [2.45, 2.75) is 13.3 Å². The molecule has 0 heterocycles. The molecule has 3 heteroatoms. The Labute approximate surface area is 70.1 Å². The largest absolute Gasteiger partial charge is 0.264 e. The van der Waals surface area contributed by atoms with Gasteiger partial charge in [0, 0.05) is 5.57 Å². The minimum atomic E-state index is -2.69. The molecule has 0 aromatic carbocycles. The predicted octanol–water partition coefficient (Wildman–Crippen LogP) is 3.28. The first kappa shape index (κ1) is 11.0. The molecule has 12 heavy (non-hydrogen) atoms. The van der Waals surface area contributed by atoms with Crippen LogP contribution < -0.4 is 0 Å². The Morgan fingerprint density at radius 3 is 2.08 bits per heavy atom. The molecule has 0 aromatic rings. The van der Waals surface area contributed by atoms with E-state index in [9.17, 15) is 13.2 Å². The summed E-state index contributed by atoms with van der Waals surface area (Å²) in [6.45, 7) is 7.14. The Kier molecular flexibility index (Phi) is 4.40. The van der Waals surface area contributed by atoms with Crippen LogP contribution in [-0.2, 0) is 0 Å². The predicted molar refractivity (Wildman–Crippen MR) is 44.0 cm³/mol. The average Bonchev–Trinajstić information content (AvgIpc) is 1.98. The van der Waals surface area contributed by atoms with Gasteiger partial charge in [-0.3, -0.25) is 0 Å². The van der Waals surface area contributed by atoms with Gasteiger partial charge < -0.3 is 0 Å². The highest BCUT2D eigenvalue weighted by Gasteiger charge is 2.13. The Hall–Kier alpha value is -0.990. The quantitative estimate of drug-likeness (QED) is 0.576. The third kappa shape index (κ3) is 2.57. The van der Waals surface area contributed by atoms with E-state index in [1.807, 2.05) is 0 Å². The van der Waals surface area contributed by atoms with Gasteiger partial charge in [0.15, 0.2) is 0 Å². The molecule has 0 rings (SSSR count). The highest BCUT2D eigenvalue weighted by atomic mass is 19.3. The van der Waals surface area contributed by atoms with Crippen LogP contribution in [0.2, 0.25) is 0 Å². The van der Waals surface area contributed by atoms with Crippen LogP contribution in [0.4, 0.5) is 13.2 Å². The van der Waals surface area contributed by atoms with E-state index in [0.29, 0.717) is 5.57 Å². The van der Waals surface area contributed by atoms with Gasteiger partial charge in [-0.2, -0.15) is 0 Å². The summed E-state index contributed by atoms with van der Waals surface area (Å²) < 4.78 is 36.5. The number of rotatable bonds is 4. The lowest BCUT2D eigenvalue weighted by Gasteiger charge is -2.07. The third-order valence-electron chi connectivity index (χ3n) is 1.45. The second-order valence-electron chi connectivity index (χ2n) is 2.35. The van der Waals surface area contributed by atoms with Crippen LogP contribution in [0.25, 0.3) is 0 Å². The third-order valence-corrected chi connectivity index (χ3v) is 1.45. The van der Waals surface area contributed by atoms with Gasteiger partial charge in [-0.05, 0) is 12.5 Å². The van der Waals surface area contributed by atoms with E-state index in [0.717, 1.165) is 6.08 Å². The zero-order valence-electron chi connectivity index (χ0n) is 6.91. The molecule has 0 fully saturated rings. The van der Waals surface area contributed by atoms with E-state index in [4.69, 9.17) is 0 Å². The van der Waals surface area contributed by atoms with Gasteiger partial charge in [-0.1, -0.05) is 24.8 Å². The fraction of sp³-hybridized carbons (Fsp3) is 0.333. The minimum absolute atomic E-state index is 0.0556. The number of hydrogen-bond donors (Lipinski definition) is 0. The molecular weight excluding hydrogens is 165 g/mol. The highest BCUT2D eigenvalue weighted by Crippen LogP contribution is 2.20. The SMILES string of the molecule is C=C/C(=C(/CF)C(=C)C)C(F)F. The van der Waals surface area contributed by atoms with Gasteiger partial charge >= 0.3 is 0 Å². The summed E-state index contributed by atoms with van der Waals surface area (Å²) in [6.07, 6.45) is -1.72. The molecule has 0 bridgehead atoms. The molecule has 0 aliphatic rings. The minimum Gasteiger partial charge on any atom is -0.246 e. The maximum Gasteiger partial charge on any atom is 0.264 e. The van der Waals surface area contributed by atoms with E-state index in [2.05, 4.69) is 13.2 Å². The summed E-state index contributed by atoms with van der Waals surface area (Å²) in [5.41, 5.74) is -0.113.